The van der Waals surface area contributed by atoms with Crippen molar-refractivity contribution >= 4 is 0 Å². The van der Waals surface area contributed by atoms with E-state index < -0.39 is 0 Å². The normalized spacial score (nSPS) is 10.4. The van der Waals surface area contributed by atoms with Crippen molar-refractivity contribution in [3.05, 3.63) is 42.6 Å². The van der Waals surface area contributed by atoms with Gasteiger partial charge in [-0.1, -0.05) is 21.3 Å². The van der Waals surface area contributed by atoms with Crippen LogP contribution in [0.2, 0.25) is 0 Å². The van der Waals surface area contributed by atoms with Gasteiger partial charge in [0.05, 0.1) is 5.69 Å². The molecule has 4 nitrogen and oxygen atoms in total. The molecule has 2 aromatic heterocycles. The van der Waals surface area contributed by atoms with Crippen LogP contribution < -0.4 is 0 Å². The molecule has 2 aromatic rings. The molecular formula is C17H26N4. The van der Waals surface area contributed by atoms with E-state index in [-0.39, 0.29) is 7.43 Å². The molecule has 0 unspecified atom stereocenters. The van der Waals surface area contributed by atoms with Crippen LogP contribution in [0.15, 0.2) is 36.8 Å². The summed E-state index contributed by atoms with van der Waals surface area (Å²) in [6.45, 7) is 7.64. The third-order valence-corrected chi connectivity index (χ3v) is 3.30. The second kappa shape index (κ2) is 9.19. The molecule has 0 N–H and O–H groups in total. The number of hydrogen-bond acceptors (Lipinski definition) is 4. The number of likely N-dealkylation sites (N-methyl/N-ethyl adjacent to an activating group) is 1. The Hall–Kier alpha value is -1.81. The van der Waals surface area contributed by atoms with E-state index in [4.69, 9.17) is 0 Å². The highest BCUT2D eigenvalue weighted by molar-refractivity contribution is 5.56. The lowest BCUT2D eigenvalue weighted by atomic mass is 10.2. The fourth-order valence-electron chi connectivity index (χ4n) is 2.20. The Morgan fingerprint density at radius 2 is 1.95 bits per heavy atom. The van der Waals surface area contributed by atoms with Gasteiger partial charge in [0.2, 0.25) is 0 Å². The van der Waals surface area contributed by atoms with Crippen molar-refractivity contribution in [2.24, 2.45) is 0 Å². The predicted octanol–water partition coefficient (Wildman–Crippen LogP) is 3.45. The number of hydrogen-bond donors (Lipinski definition) is 0. The van der Waals surface area contributed by atoms with Crippen LogP contribution >= 0.6 is 0 Å². The van der Waals surface area contributed by atoms with Crippen LogP contribution in [-0.2, 0) is 6.42 Å². The number of pyridine rings is 1. The summed E-state index contributed by atoms with van der Waals surface area (Å²) in [6.07, 6.45) is 7.52. The lowest BCUT2D eigenvalue weighted by molar-refractivity contribution is 0.290. The van der Waals surface area contributed by atoms with E-state index >= 15 is 0 Å². The highest BCUT2D eigenvalue weighted by atomic mass is 15.1. The van der Waals surface area contributed by atoms with Gasteiger partial charge in [-0.3, -0.25) is 4.98 Å². The first-order valence-corrected chi connectivity index (χ1v) is 7.28. The molecule has 0 bridgehead atoms. The second-order valence-electron chi connectivity index (χ2n) is 4.78. The molecule has 0 aliphatic heterocycles. The molecule has 0 saturated heterocycles. The first-order valence-electron chi connectivity index (χ1n) is 7.28. The van der Waals surface area contributed by atoms with Gasteiger partial charge in [0.15, 0.2) is 0 Å². The summed E-state index contributed by atoms with van der Waals surface area (Å²) in [5.74, 6) is 0.904. The second-order valence-corrected chi connectivity index (χ2v) is 4.78. The highest BCUT2D eigenvalue weighted by Gasteiger charge is 2.05. The Morgan fingerprint density at radius 3 is 2.62 bits per heavy atom. The molecule has 0 aliphatic rings. The van der Waals surface area contributed by atoms with Gasteiger partial charge in [-0.15, -0.1) is 0 Å². The predicted molar refractivity (Wildman–Crippen MR) is 88.1 cm³/mol. The lowest BCUT2D eigenvalue weighted by Crippen LogP contribution is -2.27. The standard InChI is InChI=1S/C16H22N4.CH4/c1-3-11-20(4-2)12-8-16-18-10-7-15(19-16)14-6-5-9-17-13-14;/h5-7,9-10,13H,3-4,8,11-12H2,1-2H3;1H4. The van der Waals surface area contributed by atoms with Gasteiger partial charge < -0.3 is 4.90 Å². The van der Waals surface area contributed by atoms with Crippen LogP contribution in [0.4, 0.5) is 0 Å². The molecule has 0 aromatic carbocycles. The zero-order valence-electron chi connectivity index (χ0n) is 12.3. The maximum Gasteiger partial charge on any atom is 0.130 e. The van der Waals surface area contributed by atoms with Crippen LogP contribution in [0.25, 0.3) is 11.3 Å². The van der Waals surface area contributed by atoms with Crippen molar-refractivity contribution in [3.8, 4) is 11.3 Å². The van der Waals surface area contributed by atoms with E-state index in [1.165, 1.54) is 6.42 Å². The summed E-state index contributed by atoms with van der Waals surface area (Å²) in [7, 11) is 0. The molecule has 0 atom stereocenters. The van der Waals surface area contributed by atoms with E-state index in [2.05, 4.69) is 33.7 Å². The SMILES string of the molecule is C.CCCN(CC)CCc1nccc(-c2cccnc2)n1. The monoisotopic (exact) mass is 286 g/mol. The van der Waals surface area contributed by atoms with Gasteiger partial charge >= 0.3 is 0 Å². The average molecular weight is 286 g/mol. The molecular weight excluding hydrogens is 260 g/mol. The van der Waals surface area contributed by atoms with Crippen LogP contribution in [0.5, 0.6) is 0 Å². The molecule has 2 heterocycles. The minimum atomic E-state index is 0. The summed E-state index contributed by atoms with van der Waals surface area (Å²) in [5.41, 5.74) is 1.98. The third kappa shape index (κ3) is 5.23. The molecule has 0 radical (unpaired) electrons. The average Bonchev–Trinajstić information content (AvgIpc) is 2.52. The van der Waals surface area contributed by atoms with Crippen LogP contribution in [0, 0.1) is 0 Å². The zero-order valence-corrected chi connectivity index (χ0v) is 12.3. The van der Waals surface area contributed by atoms with Crippen LogP contribution in [0.3, 0.4) is 0 Å². The number of nitrogens with zero attached hydrogens (tertiary/aromatic N) is 4. The number of rotatable bonds is 7. The van der Waals surface area contributed by atoms with Crippen LogP contribution in [0.1, 0.15) is 33.5 Å². The van der Waals surface area contributed by atoms with E-state index in [1.54, 1.807) is 6.20 Å². The van der Waals surface area contributed by atoms with E-state index in [0.29, 0.717) is 0 Å². The van der Waals surface area contributed by atoms with E-state index in [0.717, 1.165) is 43.1 Å². The zero-order chi connectivity index (χ0) is 14.2. The summed E-state index contributed by atoms with van der Waals surface area (Å²) in [5, 5.41) is 0. The highest BCUT2D eigenvalue weighted by Crippen LogP contribution is 2.14. The fourth-order valence-corrected chi connectivity index (χ4v) is 2.20. The summed E-state index contributed by atoms with van der Waals surface area (Å²) < 4.78 is 0. The first-order chi connectivity index (χ1) is 9.83. The Labute approximate surface area is 128 Å². The van der Waals surface area contributed by atoms with Crippen molar-refractivity contribution in [3.63, 3.8) is 0 Å². The molecule has 21 heavy (non-hydrogen) atoms. The minimum absolute atomic E-state index is 0. The van der Waals surface area contributed by atoms with Crippen molar-refractivity contribution < 1.29 is 0 Å². The fraction of sp³-hybridized carbons (Fsp3) is 0.471. The molecule has 2 rings (SSSR count). The quantitative estimate of drug-likeness (QED) is 0.782. The maximum atomic E-state index is 4.63. The van der Waals surface area contributed by atoms with Crippen molar-refractivity contribution in [1.29, 1.82) is 0 Å². The van der Waals surface area contributed by atoms with Gasteiger partial charge in [-0.25, -0.2) is 9.97 Å². The minimum Gasteiger partial charge on any atom is -0.303 e. The Morgan fingerprint density at radius 1 is 1.10 bits per heavy atom. The van der Waals surface area contributed by atoms with Crippen molar-refractivity contribution in [2.75, 3.05) is 19.6 Å². The largest absolute Gasteiger partial charge is 0.303 e. The van der Waals surface area contributed by atoms with Crippen LogP contribution in [-0.4, -0.2) is 39.5 Å². The van der Waals surface area contributed by atoms with Gasteiger partial charge in [0.1, 0.15) is 5.82 Å². The molecule has 0 amide bonds. The Balaban J connectivity index is 0.00000220. The summed E-state index contributed by atoms with van der Waals surface area (Å²) in [4.78, 5) is 15.6. The maximum absolute atomic E-state index is 4.63. The van der Waals surface area contributed by atoms with E-state index in [1.807, 2.05) is 30.6 Å². The molecule has 114 valence electrons. The van der Waals surface area contributed by atoms with Gasteiger partial charge in [0, 0.05) is 37.1 Å². The van der Waals surface area contributed by atoms with Crippen molar-refractivity contribution in [1.82, 2.24) is 19.9 Å². The summed E-state index contributed by atoms with van der Waals surface area (Å²) >= 11 is 0. The molecule has 0 aliphatic carbocycles. The molecule has 0 fully saturated rings. The third-order valence-electron chi connectivity index (χ3n) is 3.30. The first kappa shape index (κ1) is 17.2. The van der Waals surface area contributed by atoms with Gasteiger partial charge in [-0.2, -0.15) is 0 Å². The smallest absolute Gasteiger partial charge is 0.130 e. The van der Waals surface area contributed by atoms with Gasteiger partial charge in [-0.05, 0) is 37.7 Å². The van der Waals surface area contributed by atoms with Crippen molar-refractivity contribution in [2.45, 2.75) is 34.1 Å². The molecule has 0 saturated carbocycles. The lowest BCUT2D eigenvalue weighted by Gasteiger charge is -2.18. The van der Waals surface area contributed by atoms with Gasteiger partial charge in [0.25, 0.3) is 0 Å². The van der Waals surface area contributed by atoms with E-state index in [9.17, 15) is 0 Å². The Bertz CT molecular complexity index is 513. The summed E-state index contributed by atoms with van der Waals surface area (Å²) in [6, 6.07) is 5.88. The Kier molecular flexibility index (Phi) is 7.54. The molecule has 4 heteroatoms. The number of aromatic nitrogens is 3. The topological polar surface area (TPSA) is 41.9 Å². The molecule has 0 spiro atoms.